The smallest absolute Gasteiger partial charge is 0.277 e. The van der Waals surface area contributed by atoms with E-state index in [9.17, 15) is 18.0 Å². The summed E-state index contributed by atoms with van der Waals surface area (Å²) in [7, 11) is -3.54. The first kappa shape index (κ1) is 24.6. The minimum Gasteiger partial charge on any atom is -0.411 e. The van der Waals surface area contributed by atoms with Crippen LogP contribution in [0.1, 0.15) is 31.1 Å². The van der Waals surface area contributed by atoms with E-state index in [1.54, 1.807) is 50.2 Å². The van der Waals surface area contributed by atoms with Crippen molar-refractivity contribution in [3.63, 3.8) is 0 Å². The number of hydrogen-bond donors (Lipinski definition) is 1. The topological polar surface area (TPSA) is 122 Å². The summed E-state index contributed by atoms with van der Waals surface area (Å²) in [6.07, 6.45) is 0. The SMILES string of the molecule is CCN(CC)S(=O)(=O)c1ccc(-c2nnc(SCC(=O)Nc3ccc(C(C)=O)cc3)o2)cc1. The van der Waals surface area contributed by atoms with Crippen molar-refractivity contribution in [2.45, 2.75) is 30.9 Å². The number of nitrogens with zero attached hydrogens (tertiary/aromatic N) is 3. The second-order valence-electron chi connectivity index (χ2n) is 6.96. The Balaban J connectivity index is 1.59. The van der Waals surface area contributed by atoms with E-state index in [0.29, 0.717) is 29.9 Å². The summed E-state index contributed by atoms with van der Waals surface area (Å²) in [5.74, 6) is -0.0291. The maximum atomic E-state index is 12.6. The highest BCUT2D eigenvalue weighted by Gasteiger charge is 2.21. The van der Waals surface area contributed by atoms with Gasteiger partial charge in [0.1, 0.15) is 0 Å². The molecule has 1 aromatic heterocycles. The Bertz CT molecular complexity index is 1220. The normalized spacial score (nSPS) is 11.5. The number of aromatic nitrogens is 2. The van der Waals surface area contributed by atoms with E-state index >= 15 is 0 Å². The number of nitrogens with one attached hydrogen (secondary N) is 1. The van der Waals surface area contributed by atoms with Gasteiger partial charge in [-0.25, -0.2) is 8.42 Å². The number of rotatable bonds is 10. The molecule has 0 aliphatic rings. The first-order chi connectivity index (χ1) is 15.7. The van der Waals surface area contributed by atoms with Crippen LogP contribution in [0.15, 0.2) is 63.1 Å². The Morgan fingerprint density at radius 3 is 2.21 bits per heavy atom. The second kappa shape index (κ2) is 10.7. The van der Waals surface area contributed by atoms with Crippen molar-refractivity contribution in [1.29, 1.82) is 0 Å². The first-order valence-electron chi connectivity index (χ1n) is 10.2. The summed E-state index contributed by atoms with van der Waals surface area (Å²) in [4.78, 5) is 23.7. The number of Topliss-reactive ketones (excluding diaryl/α,β-unsaturated/α-hetero) is 1. The van der Waals surface area contributed by atoms with Gasteiger partial charge in [-0.1, -0.05) is 25.6 Å². The van der Waals surface area contributed by atoms with Crippen LogP contribution in [0.3, 0.4) is 0 Å². The number of carbonyl (C=O) groups is 2. The summed E-state index contributed by atoms with van der Waals surface area (Å²) >= 11 is 1.08. The van der Waals surface area contributed by atoms with Crippen molar-refractivity contribution in [3.05, 3.63) is 54.1 Å². The lowest BCUT2D eigenvalue weighted by atomic mass is 10.1. The third-order valence-electron chi connectivity index (χ3n) is 4.75. The quantitative estimate of drug-likeness (QED) is 0.339. The van der Waals surface area contributed by atoms with Gasteiger partial charge < -0.3 is 9.73 Å². The van der Waals surface area contributed by atoms with Crippen LogP contribution in [0.2, 0.25) is 0 Å². The highest BCUT2D eigenvalue weighted by Crippen LogP contribution is 2.25. The molecule has 0 spiro atoms. The number of thioether (sulfide) groups is 1. The fourth-order valence-corrected chi connectivity index (χ4v) is 5.00. The number of carbonyl (C=O) groups excluding carboxylic acids is 2. The zero-order chi connectivity index (χ0) is 24.0. The molecular formula is C22H24N4O5S2. The summed E-state index contributed by atoms with van der Waals surface area (Å²) in [6.45, 7) is 5.84. The summed E-state index contributed by atoms with van der Waals surface area (Å²) in [5, 5.41) is 10.9. The molecule has 1 amide bonds. The van der Waals surface area contributed by atoms with E-state index in [4.69, 9.17) is 4.42 Å². The van der Waals surface area contributed by atoms with Gasteiger partial charge in [-0.3, -0.25) is 9.59 Å². The molecule has 1 heterocycles. The van der Waals surface area contributed by atoms with Gasteiger partial charge in [0.15, 0.2) is 5.78 Å². The van der Waals surface area contributed by atoms with Gasteiger partial charge in [-0.05, 0) is 55.5 Å². The van der Waals surface area contributed by atoms with Gasteiger partial charge in [0.05, 0.1) is 10.6 Å². The van der Waals surface area contributed by atoms with Crippen molar-refractivity contribution in [3.8, 4) is 11.5 Å². The fourth-order valence-electron chi connectivity index (χ4n) is 2.98. The Kier molecular flexibility index (Phi) is 8.01. The minimum absolute atomic E-state index is 0.0456. The van der Waals surface area contributed by atoms with E-state index in [0.717, 1.165) is 11.8 Å². The number of benzene rings is 2. The molecule has 3 aromatic rings. The highest BCUT2D eigenvalue weighted by molar-refractivity contribution is 7.99. The average Bonchev–Trinajstić information content (AvgIpc) is 3.28. The minimum atomic E-state index is -3.54. The number of ketones is 1. The van der Waals surface area contributed by atoms with Gasteiger partial charge in [0.25, 0.3) is 5.22 Å². The highest BCUT2D eigenvalue weighted by atomic mass is 32.2. The maximum absolute atomic E-state index is 12.6. The fraction of sp³-hybridized carbons (Fsp3) is 0.273. The largest absolute Gasteiger partial charge is 0.411 e. The molecule has 0 fully saturated rings. The van der Waals surface area contributed by atoms with Crippen molar-refractivity contribution >= 4 is 39.2 Å². The molecule has 1 N–H and O–H groups in total. The third-order valence-corrected chi connectivity index (χ3v) is 7.64. The number of sulfonamides is 1. The average molecular weight is 489 g/mol. The van der Waals surface area contributed by atoms with Gasteiger partial charge in [0.2, 0.25) is 21.8 Å². The van der Waals surface area contributed by atoms with Gasteiger partial charge in [-0.15, -0.1) is 10.2 Å². The lowest BCUT2D eigenvalue weighted by Crippen LogP contribution is -2.30. The molecule has 0 radical (unpaired) electrons. The number of hydrogen-bond acceptors (Lipinski definition) is 8. The second-order valence-corrected chi connectivity index (χ2v) is 9.82. The Morgan fingerprint density at radius 1 is 1.00 bits per heavy atom. The number of anilines is 1. The van der Waals surface area contributed by atoms with Crippen LogP contribution in [0.25, 0.3) is 11.5 Å². The lowest BCUT2D eigenvalue weighted by molar-refractivity contribution is -0.113. The van der Waals surface area contributed by atoms with Crippen LogP contribution >= 0.6 is 11.8 Å². The zero-order valence-electron chi connectivity index (χ0n) is 18.4. The molecule has 11 heteroatoms. The predicted molar refractivity (Wildman–Crippen MR) is 126 cm³/mol. The maximum Gasteiger partial charge on any atom is 0.277 e. The van der Waals surface area contributed by atoms with Crippen molar-refractivity contribution in [2.24, 2.45) is 0 Å². The van der Waals surface area contributed by atoms with E-state index in [1.807, 2.05) is 0 Å². The van der Waals surface area contributed by atoms with Gasteiger partial charge >= 0.3 is 0 Å². The van der Waals surface area contributed by atoms with Gasteiger partial charge in [0, 0.05) is 29.9 Å². The predicted octanol–water partition coefficient (Wildman–Crippen LogP) is 3.70. The Hall–Kier alpha value is -3.02. The summed E-state index contributed by atoms with van der Waals surface area (Å²) < 4.78 is 32.2. The molecule has 0 aliphatic heterocycles. The van der Waals surface area contributed by atoms with E-state index < -0.39 is 10.0 Å². The van der Waals surface area contributed by atoms with Crippen LogP contribution in [-0.4, -0.2) is 53.5 Å². The molecule has 2 aromatic carbocycles. The van der Waals surface area contributed by atoms with Crippen molar-refractivity contribution < 1.29 is 22.4 Å². The van der Waals surface area contributed by atoms with Crippen LogP contribution in [0.4, 0.5) is 5.69 Å². The molecule has 0 saturated carbocycles. The van der Waals surface area contributed by atoms with Gasteiger partial charge in [-0.2, -0.15) is 4.31 Å². The first-order valence-corrected chi connectivity index (χ1v) is 12.6. The molecular weight excluding hydrogens is 464 g/mol. The van der Waals surface area contributed by atoms with E-state index in [-0.39, 0.29) is 33.5 Å². The van der Waals surface area contributed by atoms with Crippen LogP contribution in [0.5, 0.6) is 0 Å². The van der Waals surface area contributed by atoms with E-state index in [1.165, 1.54) is 23.4 Å². The molecule has 0 saturated heterocycles. The molecule has 0 atom stereocenters. The lowest BCUT2D eigenvalue weighted by Gasteiger charge is -2.18. The van der Waals surface area contributed by atoms with Crippen molar-refractivity contribution in [2.75, 3.05) is 24.2 Å². The van der Waals surface area contributed by atoms with Crippen LogP contribution < -0.4 is 5.32 Å². The molecule has 0 bridgehead atoms. The standard InChI is InChI=1S/C22H24N4O5S2/c1-4-26(5-2)33(29,30)19-12-8-17(9-13-19)21-24-25-22(31-21)32-14-20(28)23-18-10-6-16(7-11-18)15(3)27/h6-13H,4-5,14H2,1-3H3,(H,23,28). The summed E-state index contributed by atoms with van der Waals surface area (Å²) in [6, 6.07) is 12.8. The van der Waals surface area contributed by atoms with Crippen LogP contribution in [-0.2, 0) is 14.8 Å². The molecule has 3 rings (SSSR count). The Morgan fingerprint density at radius 2 is 1.64 bits per heavy atom. The number of amides is 1. The third kappa shape index (κ3) is 6.06. The molecule has 174 valence electrons. The zero-order valence-corrected chi connectivity index (χ0v) is 20.1. The van der Waals surface area contributed by atoms with Crippen LogP contribution in [0, 0.1) is 0 Å². The molecule has 0 unspecified atom stereocenters. The van der Waals surface area contributed by atoms with Crippen molar-refractivity contribution in [1.82, 2.24) is 14.5 Å². The summed E-state index contributed by atoms with van der Waals surface area (Å²) in [5.41, 5.74) is 1.72. The Labute approximate surface area is 196 Å². The molecule has 0 aliphatic carbocycles. The molecule has 9 nitrogen and oxygen atoms in total. The molecule has 33 heavy (non-hydrogen) atoms. The van der Waals surface area contributed by atoms with E-state index in [2.05, 4.69) is 15.5 Å². The monoisotopic (exact) mass is 488 g/mol.